The zero-order valence-corrected chi connectivity index (χ0v) is 20.4. The molecule has 0 bridgehead atoms. The summed E-state index contributed by atoms with van der Waals surface area (Å²) in [5, 5.41) is 12.0. The minimum absolute atomic E-state index is 0.190. The Morgan fingerprint density at radius 3 is 2.55 bits per heavy atom. The van der Waals surface area contributed by atoms with Crippen LogP contribution < -0.4 is 15.4 Å². The summed E-state index contributed by atoms with van der Waals surface area (Å²) in [4.78, 5) is 13.2. The lowest BCUT2D eigenvalue weighted by Crippen LogP contribution is -2.36. The van der Waals surface area contributed by atoms with Crippen LogP contribution in [-0.4, -0.2) is 42.0 Å². The largest absolute Gasteiger partial charge is 0.439 e. The van der Waals surface area contributed by atoms with Crippen molar-refractivity contribution in [2.24, 2.45) is 0 Å². The maximum atomic E-state index is 13.2. The first kappa shape index (κ1) is 25.1. The molecule has 1 aromatic heterocycles. The Morgan fingerprint density at radius 1 is 1.15 bits per heavy atom. The fourth-order valence-corrected chi connectivity index (χ4v) is 3.60. The molecule has 176 valence electrons. The average Bonchev–Trinajstić information content (AvgIpc) is 3.14. The van der Waals surface area contributed by atoms with E-state index in [1.54, 1.807) is 42.1 Å². The van der Waals surface area contributed by atoms with Crippen LogP contribution in [0.25, 0.3) is 5.69 Å². The normalized spacial score (nSPS) is 11.9. The second-order valence-corrected chi connectivity index (χ2v) is 8.40. The van der Waals surface area contributed by atoms with E-state index in [-0.39, 0.29) is 17.6 Å². The molecule has 3 aromatic rings. The average molecular weight is 491 g/mol. The van der Waals surface area contributed by atoms with Gasteiger partial charge in [-0.15, -0.1) is 0 Å². The van der Waals surface area contributed by atoms with E-state index in [0.29, 0.717) is 46.1 Å². The molecule has 1 unspecified atom stereocenters. The molecule has 7 nitrogen and oxygen atoms in total. The molecule has 3 rings (SSSR count). The van der Waals surface area contributed by atoms with Crippen molar-refractivity contribution in [1.82, 2.24) is 20.4 Å². The molecule has 1 atom stereocenters. The topological polar surface area (TPSA) is 77.4 Å². The molecular formula is C24H28Cl2N4O3. The minimum atomic E-state index is -0.320. The van der Waals surface area contributed by atoms with Crippen molar-refractivity contribution in [2.75, 3.05) is 20.3 Å². The van der Waals surface area contributed by atoms with E-state index in [2.05, 4.69) is 22.7 Å². The Balaban J connectivity index is 2.12. The van der Waals surface area contributed by atoms with Gasteiger partial charge in [0.15, 0.2) is 5.69 Å². The van der Waals surface area contributed by atoms with E-state index in [1.807, 2.05) is 25.1 Å². The first-order valence-electron chi connectivity index (χ1n) is 10.7. The van der Waals surface area contributed by atoms with Crippen molar-refractivity contribution < 1.29 is 14.3 Å². The van der Waals surface area contributed by atoms with Gasteiger partial charge in [0, 0.05) is 24.7 Å². The highest BCUT2D eigenvalue weighted by atomic mass is 35.5. The number of ether oxygens (including phenoxy) is 2. The summed E-state index contributed by atoms with van der Waals surface area (Å²) in [7, 11) is 1.59. The molecule has 0 aliphatic carbocycles. The number of benzene rings is 2. The van der Waals surface area contributed by atoms with Crippen LogP contribution in [0.15, 0.2) is 48.5 Å². The van der Waals surface area contributed by atoms with Crippen LogP contribution in [0.4, 0.5) is 0 Å². The minimum Gasteiger partial charge on any atom is -0.439 e. The maximum Gasteiger partial charge on any atom is 0.272 e. The van der Waals surface area contributed by atoms with E-state index in [9.17, 15) is 4.79 Å². The molecule has 9 heteroatoms. The van der Waals surface area contributed by atoms with E-state index >= 15 is 0 Å². The second-order valence-electron chi connectivity index (χ2n) is 7.56. The lowest BCUT2D eigenvalue weighted by Gasteiger charge is -2.13. The second kappa shape index (κ2) is 12.0. The summed E-state index contributed by atoms with van der Waals surface area (Å²) in [5.41, 5.74) is 1.48. The Hall–Kier alpha value is -2.58. The van der Waals surface area contributed by atoms with Crippen molar-refractivity contribution >= 4 is 29.1 Å². The van der Waals surface area contributed by atoms with Crippen LogP contribution in [0.3, 0.4) is 0 Å². The Morgan fingerprint density at radius 2 is 1.88 bits per heavy atom. The summed E-state index contributed by atoms with van der Waals surface area (Å²) >= 11 is 12.5. The number of aromatic nitrogens is 2. The number of rotatable bonds is 11. The summed E-state index contributed by atoms with van der Waals surface area (Å²) in [6.45, 7) is 5.49. The number of nitrogens with zero attached hydrogens (tertiary/aromatic N) is 2. The number of methoxy groups -OCH3 is 1. The summed E-state index contributed by atoms with van der Waals surface area (Å²) < 4.78 is 13.0. The molecule has 33 heavy (non-hydrogen) atoms. The van der Waals surface area contributed by atoms with Crippen molar-refractivity contribution in [3.63, 3.8) is 0 Å². The molecule has 1 amide bonds. The van der Waals surface area contributed by atoms with Crippen molar-refractivity contribution in [3.8, 4) is 17.3 Å². The highest BCUT2D eigenvalue weighted by Gasteiger charge is 2.27. The molecule has 2 aromatic carbocycles. The lowest BCUT2D eigenvalue weighted by atomic mass is 10.2. The maximum absolute atomic E-state index is 13.2. The third-order valence-corrected chi connectivity index (χ3v) is 5.35. The SMILES string of the molecule is CCCNCc1c(C(=O)NC(C)COC)nn(-c2ccccc2Cl)c1Oc1ccc(Cl)cc1. The third kappa shape index (κ3) is 6.48. The number of carbonyl (C=O) groups excluding carboxylic acids is 1. The number of amides is 1. The number of hydrogen-bond donors (Lipinski definition) is 2. The Bertz CT molecular complexity index is 1070. The van der Waals surface area contributed by atoms with Crippen LogP contribution in [0.2, 0.25) is 10.0 Å². The zero-order valence-electron chi connectivity index (χ0n) is 18.9. The van der Waals surface area contributed by atoms with Gasteiger partial charge in [0.2, 0.25) is 5.88 Å². The van der Waals surface area contributed by atoms with E-state index in [0.717, 1.165) is 13.0 Å². The first-order chi connectivity index (χ1) is 15.9. The quantitative estimate of drug-likeness (QED) is 0.359. The monoisotopic (exact) mass is 490 g/mol. The smallest absolute Gasteiger partial charge is 0.272 e. The van der Waals surface area contributed by atoms with Gasteiger partial charge in [0.05, 0.1) is 22.9 Å². The molecule has 2 N–H and O–H groups in total. The Labute approximate surface area is 204 Å². The summed E-state index contributed by atoms with van der Waals surface area (Å²) in [6, 6.07) is 14.1. The predicted molar refractivity (Wildman–Crippen MR) is 131 cm³/mol. The van der Waals surface area contributed by atoms with Crippen LogP contribution >= 0.6 is 23.2 Å². The van der Waals surface area contributed by atoms with Gasteiger partial charge < -0.3 is 20.1 Å². The van der Waals surface area contributed by atoms with Gasteiger partial charge in [0.1, 0.15) is 5.75 Å². The predicted octanol–water partition coefficient (Wildman–Crippen LogP) is 5.24. The number of nitrogens with one attached hydrogen (secondary N) is 2. The van der Waals surface area contributed by atoms with Gasteiger partial charge in [-0.2, -0.15) is 9.78 Å². The van der Waals surface area contributed by atoms with E-state index in [4.69, 9.17) is 32.7 Å². The van der Waals surface area contributed by atoms with Gasteiger partial charge in [-0.05, 0) is 56.3 Å². The van der Waals surface area contributed by atoms with Gasteiger partial charge >= 0.3 is 0 Å². The number of para-hydroxylation sites is 1. The van der Waals surface area contributed by atoms with Gasteiger partial charge in [0.25, 0.3) is 5.91 Å². The molecule has 0 spiro atoms. The van der Waals surface area contributed by atoms with E-state index in [1.165, 1.54) is 0 Å². The lowest BCUT2D eigenvalue weighted by molar-refractivity contribution is 0.0899. The highest BCUT2D eigenvalue weighted by molar-refractivity contribution is 6.32. The Kier molecular flexibility index (Phi) is 9.14. The molecule has 1 heterocycles. The van der Waals surface area contributed by atoms with Crippen LogP contribution in [0, 0.1) is 0 Å². The summed E-state index contributed by atoms with van der Waals surface area (Å²) in [5.74, 6) is 0.641. The molecular weight excluding hydrogens is 463 g/mol. The summed E-state index contributed by atoms with van der Waals surface area (Å²) in [6.07, 6.45) is 0.943. The van der Waals surface area contributed by atoms with Gasteiger partial charge in [-0.25, -0.2) is 0 Å². The standard InChI is InChI=1S/C24H28Cl2N4O3/c1-4-13-27-14-19-22(23(31)28-16(2)15-32-3)29-30(21-8-6-5-7-20(21)26)24(19)33-18-11-9-17(25)10-12-18/h5-12,16,27H,4,13-15H2,1-3H3,(H,28,31). The molecule has 0 saturated carbocycles. The molecule has 0 aliphatic heterocycles. The fraction of sp³-hybridized carbons (Fsp3) is 0.333. The van der Waals surface area contributed by atoms with Crippen LogP contribution in [0.5, 0.6) is 11.6 Å². The number of hydrogen-bond acceptors (Lipinski definition) is 5. The number of halogens is 2. The van der Waals surface area contributed by atoms with Gasteiger partial charge in [-0.3, -0.25) is 4.79 Å². The molecule has 0 radical (unpaired) electrons. The first-order valence-corrected chi connectivity index (χ1v) is 11.5. The van der Waals surface area contributed by atoms with Crippen molar-refractivity contribution in [1.29, 1.82) is 0 Å². The fourth-order valence-electron chi connectivity index (χ4n) is 3.26. The van der Waals surface area contributed by atoms with E-state index < -0.39 is 0 Å². The number of carbonyl (C=O) groups is 1. The molecule has 0 saturated heterocycles. The van der Waals surface area contributed by atoms with Crippen LogP contribution in [-0.2, 0) is 11.3 Å². The molecule has 0 fully saturated rings. The van der Waals surface area contributed by atoms with Crippen molar-refractivity contribution in [3.05, 3.63) is 69.8 Å². The highest BCUT2D eigenvalue weighted by Crippen LogP contribution is 2.33. The van der Waals surface area contributed by atoms with Gasteiger partial charge in [-0.1, -0.05) is 42.3 Å². The molecule has 0 aliphatic rings. The van der Waals surface area contributed by atoms with Crippen LogP contribution in [0.1, 0.15) is 36.3 Å². The van der Waals surface area contributed by atoms with Crippen molar-refractivity contribution in [2.45, 2.75) is 32.9 Å². The third-order valence-electron chi connectivity index (χ3n) is 4.78. The zero-order chi connectivity index (χ0) is 23.8.